The van der Waals surface area contributed by atoms with Gasteiger partial charge >= 0.3 is 12.2 Å². The van der Waals surface area contributed by atoms with E-state index in [9.17, 15) is 18.0 Å². The molecule has 0 spiro atoms. The third kappa shape index (κ3) is 7.00. The first-order chi connectivity index (χ1) is 21.4. The molecule has 2 aromatic heterocycles. The fourth-order valence-electron chi connectivity index (χ4n) is 6.08. The summed E-state index contributed by atoms with van der Waals surface area (Å²) in [5, 5.41) is 2.63. The summed E-state index contributed by atoms with van der Waals surface area (Å²) in [4.78, 5) is 28.3. The average Bonchev–Trinajstić information content (AvgIpc) is 3.38. The summed E-state index contributed by atoms with van der Waals surface area (Å²) in [6.45, 7) is 13.1. The van der Waals surface area contributed by atoms with Crippen molar-refractivity contribution in [1.82, 2.24) is 19.8 Å². The van der Waals surface area contributed by atoms with Crippen LogP contribution in [0.1, 0.15) is 61.2 Å². The van der Waals surface area contributed by atoms with Crippen LogP contribution in [0.3, 0.4) is 0 Å². The van der Waals surface area contributed by atoms with Gasteiger partial charge in [-0.05, 0) is 88.8 Å². The number of rotatable bonds is 7. The lowest BCUT2D eigenvalue weighted by atomic mass is 9.93. The number of amides is 2. The lowest BCUT2D eigenvalue weighted by molar-refractivity contribution is -0.140. The first kappa shape index (κ1) is 32.1. The van der Waals surface area contributed by atoms with Crippen molar-refractivity contribution in [3.8, 4) is 11.6 Å². The van der Waals surface area contributed by atoms with Crippen molar-refractivity contribution in [3.05, 3.63) is 70.6 Å². The van der Waals surface area contributed by atoms with Gasteiger partial charge < -0.3 is 29.6 Å². The van der Waals surface area contributed by atoms with Crippen LogP contribution in [0.2, 0.25) is 0 Å². The second-order valence-corrected chi connectivity index (χ2v) is 11.8. The van der Waals surface area contributed by atoms with Gasteiger partial charge in [0.2, 0.25) is 5.88 Å². The fourth-order valence-corrected chi connectivity index (χ4v) is 6.08. The molecule has 2 aliphatic rings. The predicted octanol–water partition coefficient (Wildman–Crippen LogP) is 7.38. The maximum absolute atomic E-state index is 14.1. The third-order valence-corrected chi connectivity index (χ3v) is 8.46. The largest absolute Gasteiger partial charge is 0.474 e. The van der Waals surface area contributed by atoms with Gasteiger partial charge in [-0.15, -0.1) is 0 Å². The Balaban J connectivity index is 1.31. The highest BCUT2D eigenvalue weighted by atomic mass is 19.4. The number of fused-ring (bicyclic) bond motifs is 1. The number of nitrogens with zero attached hydrogens (tertiary/aromatic N) is 4. The highest BCUT2D eigenvalue weighted by Crippen LogP contribution is 2.39. The molecule has 2 aliphatic heterocycles. The Hall–Kier alpha value is -4.32. The van der Waals surface area contributed by atoms with Gasteiger partial charge in [-0.2, -0.15) is 13.2 Å². The number of aromatic amines is 1. The molecule has 1 saturated heterocycles. The van der Waals surface area contributed by atoms with Gasteiger partial charge in [0.05, 0.1) is 23.5 Å². The standard InChI is InChI=1S/C33H39F3N6O3/c1-7-28(26-14-20(3)39-30(26)37-5)44-24-9-8-22-10-13-42(21(4)25(22)16-24)32(43)40-23-15-27(33(34,35)36)31(38-17-23)45-29-11-12-41(6)18-19(29)2/h7-9,14-17,19,21,29,39H,5,10-13,18H2,1-4,6H3,(H,40,43)/b28-7+/t19?,21-,29?/m0/s1. The molecule has 45 heavy (non-hydrogen) atoms. The molecule has 3 aromatic rings. The lowest BCUT2D eigenvalue weighted by Gasteiger charge is -2.35. The molecule has 1 fully saturated rings. The van der Waals surface area contributed by atoms with Crippen LogP contribution in [0.5, 0.6) is 11.6 Å². The number of likely N-dealkylation sites (tertiary alicyclic amines) is 1. The molecular weight excluding hydrogens is 585 g/mol. The van der Waals surface area contributed by atoms with E-state index in [1.54, 1.807) is 4.90 Å². The number of aromatic nitrogens is 2. The van der Waals surface area contributed by atoms with Crippen molar-refractivity contribution in [2.45, 2.75) is 58.9 Å². The summed E-state index contributed by atoms with van der Waals surface area (Å²) >= 11 is 0. The Bertz CT molecular complexity index is 1600. The number of ether oxygens (including phenoxy) is 2. The normalized spacial score (nSPS) is 20.8. The van der Waals surface area contributed by atoms with Crippen molar-refractivity contribution in [2.75, 3.05) is 32.0 Å². The van der Waals surface area contributed by atoms with Gasteiger partial charge in [0.1, 0.15) is 29.0 Å². The molecule has 0 aliphatic carbocycles. The van der Waals surface area contributed by atoms with E-state index in [4.69, 9.17) is 9.47 Å². The molecule has 2 N–H and O–H groups in total. The number of nitrogens with one attached hydrogen (secondary N) is 2. The van der Waals surface area contributed by atoms with Crippen LogP contribution in [0.4, 0.5) is 29.5 Å². The Morgan fingerprint density at radius 1 is 1.22 bits per heavy atom. The number of piperidine rings is 1. The van der Waals surface area contributed by atoms with Crippen LogP contribution in [-0.2, 0) is 12.6 Å². The smallest absolute Gasteiger partial charge is 0.421 e. The van der Waals surface area contributed by atoms with E-state index < -0.39 is 23.7 Å². The van der Waals surface area contributed by atoms with E-state index in [0.29, 0.717) is 36.7 Å². The zero-order chi connectivity index (χ0) is 32.5. The van der Waals surface area contributed by atoms with E-state index in [0.717, 1.165) is 41.5 Å². The highest BCUT2D eigenvalue weighted by Gasteiger charge is 2.38. The van der Waals surface area contributed by atoms with Crippen molar-refractivity contribution in [1.29, 1.82) is 0 Å². The van der Waals surface area contributed by atoms with Crippen molar-refractivity contribution >= 4 is 30.0 Å². The first-order valence-corrected chi connectivity index (χ1v) is 15.0. The molecule has 3 atom stereocenters. The van der Waals surface area contributed by atoms with Crippen molar-refractivity contribution in [3.63, 3.8) is 0 Å². The second kappa shape index (κ2) is 13.0. The van der Waals surface area contributed by atoms with Crippen LogP contribution >= 0.6 is 0 Å². The zero-order valence-electron chi connectivity index (χ0n) is 26.2. The lowest BCUT2D eigenvalue weighted by Crippen LogP contribution is -2.42. The number of aliphatic imine (C=N–C) groups is 1. The molecule has 5 rings (SSSR count). The Morgan fingerprint density at radius 2 is 2.00 bits per heavy atom. The number of hydrogen-bond donors (Lipinski definition) is 2. The molecule has 2 amide bonds. The Labute approximate surface area is 261 Å². The third-order valence-electron chi connectivity index (χ3n) is 8.46. The Kier molecular flexibility index (Phi) is 9.24. The van der Waals surface area contributed by atoms with Crippen LogP contribution in [0, 0.1) is 12.8 Å². The van der Waals surface area contributed by atoms with E-state index >= 15 is 0 Å². The number of aryl methyl sites for hydroxylation is 1. The van der Waals surface area contributed by atoms with E-state index in [1.807, 2.05) is 65.1 Å². The highest BCUT2D eigenvalue weighted by molar-refractivity contribution is 5.90. The fraction of sp³-hybridized carbons (Fsp3) is 0.424. The van der Waals surface area contributed by atoms with E-state index in [-0.39, 0.29) is 23.8 Å². The number of alkyl halides is 3. The summed E-state index contributed by atoms with van der Waals surface area (Å²) in [7, 11) is 1.97. The molecule has 240 valence electrons. The number of pyridine rings is 1. The quantitative estimate of drug-likeness (QED) is 0.211. The molecule has 2 unspecified atom stereocenters. The summed E-state index contributed by atoms with van der Waals surface area (Å²) in [6.07, 6.45) is -0.851. The van der Waals surface area contributed by atoms with E-state index in [2.05, 4.69) is 31.9 Å². The average molecular weight is 625 g/mol. The van der Waals surface area contributed by atoms with Gasteiger partial charge in [-0.1, -0.05) is 13.0 Å². The first-order valence-electron chi connectivity index (χ1n) is 15.0. The molecule has 0 radical (unpaired) electrons. The number of hydrogen-bond acceptors (Lipinski definition) is 6. The molecule has 9 nitrogen and oxygen atoms in total. The van der Waals surface area contributed by atoms with Gasteiger partial charge in [-0.25, -0.2) is 14.8 Å². The SMILES string of the molecule is C=Nc1[nH]c(C)cc1/C(=C\C)Oc1ccc2c(c1)[C@H](C)N(C(=O)Nc1cnc(OC3CCN(C)CC3C)c(C(F)(F)F)c1)CC2. The molecule has 0 bridgehead atoms. The summed E-state index contributed by atoms with van der Waals surface area (Å²) in [5.41, 5.74) is 2.58. The van der Waals surface area contributed by atoms with Crippen LogP contribution in [-0.4, -0.2) is 65.3 Å². The number of urea groups is 1. The molecule has 4 heterocycles. The van der Waals surface area contributed by atoms with Crippen molar-refractivity contribution in [2.24, 2.45) is 10.9 Å². The summed E-state index contributed by atoms with van der Waals surface area (Å²) in [6, 6.07) is 7.68. The molecule has 1 aromatic carbocycles. The Morgan fingerprint density at radius 3 is 2.69 bits per heavy atom. The minimum Gasteiger partial charge on any atom is -0.474 e. The predicted molar refractivity (Wildman–Crippen MR) is 168 cm³/mol. The second-order valence-electron chi connectivity index (χ2n) is 11.8. The maximum atomic E-state index is 14.1. The van der Waals surface area contributed by atoms with Gasteiger partial charge in [0.25, 0.3) is 0 Å². The van der Waals surface area contributed by atoms with Gasteiger partial charge in [0.15, 0.2) is 0 Å². The van der Waals surface area contributed by atoms with Crippen LogP contribution in [0.25, 0.3) is 5.76 Å². The van der Waals surface area contributed by atoms with Crippen molar-refractivity contribution < 1.29 is 27.4 Å². The maximum Gasteiger partial charge on any atom is 0.421 e. The monoisotopic (exact) mass is 624 g/mol. The van der Waals surface area contributed by atoms with Gasteiger partial charge in [0, 0.05) is 31.2 Å². The number of allylic oxidation sites excluding steroid dienone is 1. The summed E-state index contributed by atoms with van der Waals surface area (Å²) in [5.74, 6) is 1.36. The number of benzene rings is 1. The number of halogens is 3. The molecule has 0 saturated carbocycles. The molecule has 12 heteroatoms. The number of carbonyl (C=O) groups is 1. The number of H-pyrrole nitrogens is 1. The minimum absolute atomic E-state index is 0.0458. The number of anilines is 1. The zero-order valence-corrected chi connectivity index (χ0v) is 26.2. The number of carbonyl (C=O) groups excluding carboxylic acids is 1. The van der Waals surface area contributed by atoms with Crippen LogP contribution in [0.15, 0.2) is 47.6 Å². The van der Waals surface area contributed by atoms with Crippen LogP contribution < -0.4 is 14.8 Å². The topological polar surface area (TPSA) is 95.1 Å². The summed E-state index contributed by atoms with van der Waals surface area (Å²) < 4.78 is 54.3. The van der Waals surface area contributed by atoms with E-state index in [1.165, 1.54) is 6.20 Å². The minimum atomic E-state index is -4.71. The molecular formula is C33H39F3N6O3. The van der Waals surface area contributed by atoms with Gasteiger partial charge in [-0.3, -0.25) is 0 Å².